The topological polar surface area (TPSA) is 62.1 Å². The maximum atomic E-state index is 12.5. The molecule has 3 aromatic carbocycles. The second-order valence-electron chi connectivity index (χ2n) is 6.64. The molecule has 0 unspecified atom stereocenters. The zero-order valence-electron chi connectivity index (χ0n) is 16.6. The predicted octanol–water partition coefficient (Wildman–Crippen LogP) is 6.03. The van der Waals surface area contributed by atoms with E-state index < -0.39 is 5.91 Å². The van der Waals surface area contributed by atoms with E-state index in [1.807, 2.05) is 60.7 Å². The van der Waals surface area contributed by atoms with Crippen LogP contribution in [0.15, 0.2) is 78.4 Å². The number of nitriles is 1. The molecule has 0 heterocycles. The molecule has 0 radical (unpaired) electrons. The first-order chi connectivity index (χ1) is 14.6. The third-order valence-electron chi connectivity index (χ3n) is 4.49. The molecular formula is C25H21ClN2O2. The van der Waals surface area contributed by atoms with Gasteiger partial charge in [0.1, 0.15) is 24.0 Å². The van der Waals surface area contributed by atoms with Crippen molar-refractivity contribution in [3.05, 3.63) is 100 Å². The minimum Gasteiger partial charge on any atom is -0.487 e. The van der Waals surface area contributed by atoms with Gasteiger partial charge in [-0.2, -0.15) is 5.26 Å². The molecule has 0 aliphatic rings. The highest BCUT2D eigenvalue weighted by Crippen LogP contribution is 2.27. The summed E-state index contributed by atoms with van der Waals surface area (Å²) in [7, 11) is 0. The lowest BCUT2D eigenvalue weighted by atomic mass is 10.1. The Balaban J connectivity index is 1.69. The van der Waals surface area contributed by atoms with E-state index in [9.17, 15) is 10.1 Å². The number of ether oxygens (including phenoxy) is 1. The highest BCUT2D eigenvalue weighted by molar-refractivity contribution is 6.32. The fourth-order valence-electron chi connectivity index (χ4n) is 2.80. The number of carbonyl (C=O) groups is 1. The van der Waals surface area contributed by atoms with Crippen LogP contribution in [0.5, 0.6) is 5.75 Å². The van der Waals surface area contributed by atoms with Crippen molar-refractivity contribution in [3.63, 3.8) is 0 Å². The van der Waals surface area contributed by atoms with Crippen molar-refractivity contribution in [2.45, 2.75) is 20.0 Å². The summed E-state index contributed by atoms with van der Waals surface area (Å²) in [6, 6.07) is 24.4. The molecule has 0 aliphatic carbocycles. The van der Waals surface area contributed by atoms with Crippen molar-refractivity contribution in [3.8, 4) is 11.8 Å². The maximum absolute atomic E-state index is 12.5. The fraction of sp³-hybridized carbons (Fsp3) is 0.120. The lowest BCUT2D eigenvalue weighted by molar-refractivity contribution is -0.112. The van der Waals surface area contributed by atoms with Gasteiger partial charge in [0, 0.05) is 5.69 Å². The number of amides is 1. The second-order valence-corrected chi connectivity index (χ2v) is 7.05. The van der Waals surface area contributed by atoms with E-state index in [4.69, 9.17) is 16.3 Å². The predicted molar refractivity (Wildman–Crippen MR) is 120 cm³/mol. The van der Waals surface area contributed by atoms with E-state index in [-0.39, 0.29) is 5.57 Å². The Morgan fingerprint density at radius 3 is 2.43 bits per heavy atom. The number of carbonyl (C=O) groups excluding carboxylic acids is 1. The van der Waals surface area contributed by atoms with Gasteiger partial charge in [0.25, 0.3) is 5.91 Å². The van der Waals surface area contributed by atoms with Crippen LogP contribution in [0, 0.1) is 11.3 Å². The number of hydrogen-bond acceptors (Lipinski definition) is 3. The van der Waals surface area contributed by atoms with Gasteiger partial charge in [0.2, 0.25) is 0 Å². The van der Waals surface area contributed by atoms with E-state index in [0.717, 1.165) is 12.0 Å². The summed E-state index contributed by atoms with van der Waals surface area (Å²) in [6.07, 6.45) is 2.42. The molecule has 0 spiro atoms. The summed E-state index contributed by atoms with van der Waals surface area (Å²) in [4.78, 5) is 12.5. The Hall–Kier alpha value is -3.55. The highest BCUT2D eigenvalue weighted by Gasteiger charge is 2.11. The standard InChI is InChI=1S/C25H21ClN2O2/c1-2-18-8-11-22(12-9-18)28-25(29)21(16-27)14-20-10-13-24(23(26)15-20)30-17-19-6-4-3-5-7-19/h3-15H,2,17H2,1H3,(H,28,29)/b21-14+. The molecule has 1 N–H and O–H groups in total. The summed E-state index contributed by atoms with van der Waals surface area (Å²) >= 11 is 6.32. The molecule has 4 nitrogen and oxygen atoms in total. The largest absolute Gasteiger partial charge is 0.487 e. The van der Waals surface area contributed by atoms with Crippen LogP contribution < -0.4 is 10.1 Å². The van der Waals surface area contributed by atoms with E-state index in [2.05, 4.69) is 12.2 Å². The summed E-state index contributed by atoms with van der Waals surface area (Å²) in [5.41, 5.74) is 3.48. The molecule has 0 aromatic heterocycles. The Morgan fingerprint density at radius 2 is 1.80 bits per heavy atom. The van der Waals surface area contributed by atoms with Gasteiger partial charge in [-0.1, -0.05) is 67.1 Å². The van der Waals surface area contributed by atoms with Gasteiger partial charge >= 0.3 is 0 Å². The fourth-order valence-corrected chi connectivity index (χ4v) is 3.04. The van der Waals surface area contributed by atoms with Crippen LogP contribution in [0.3, 0.4) is 0 Å². The molecule has 0 saturated heterocycles. The van der Waals surface area contributed by atoms with Crippen LogP contribution in [-0.2, 0) is 17.8 Å². The molecule has 0 aliphatic heterocycles. The maximum Gasteiger partial charge on any atom is 0.266 e. The summed E-state index contributed by atoms with van der Waals surface area (Å²) in [6.45, 7) is 2.46. The molecule has 0 atom stereocenters. The van der Waals surface area contributed by atoms with E-state index in [1.54, 1.807) is 18.2 Å². The molecule has 1 amide bonds. The summed E-state index contributed by atoms with van der Waals surface area (Å²) < 4.78 is 5.76. The molecular weight excluding hydrogens is 396 g/mol. The average Bonchev–Trinajstić information content (AvgIpc) is 2.78. The number of nitrogens with one attached hydrogen (secondary N) is 1. The van der Waals surface area contributed by atoms with Gasteiger partial charge in [-0.05, 0) is 53.5 Å². The first-order valence-electron chi connectivity index (χ1n) is 9.57. The minimum atomic E-state index is -0.470. The number of nitrogens with zero attached hydrogens (tertiary/aromatic N) is 1. The molecule has 3 aromatic rings. The van der Waals surface area contributed by atoms with Gasteiger partial charge in [-0.3, -0.25) is 4.79 Å². The number of benzene rings is 3. The van der Waals surface area contributed by atoms with Gasteiger partial charge < -0.3 is 10.1 Å². The third-order valence-corrected chi connectivity index (χ3v) is 4.78. The molecule has 5 heteroatoms. The van der Waals surface area contributed by atoms with Crippen LogP contribution in [0.4, 0.5) is 5.69 Å². The highest BCUT2D eigenvalue weighted by atomic mass is 35.5. The van der Waals surface area contributed by atoms with Crippen LogP contribution in [0.25, 0.3) is 6.08 Å². The first kappa shape index (κ1) is 21.2. The van der Waals surface area contributed by atoms with Crippen molar-refractivity contribution in [1.29, 1.82) is 5.26 Å². The number of rotatable bonds is 7. The van der Waals surface area contributed by atoms with Crippen molar-refractivity contribution in [2.75, 3.05) is 5.32 Å². The number of anilines is 1. The van der Waals surface area contributed by atoms with E-state index in [1.165, 1.54) is 11.6 Å². The normalized spacial score (nSPS) is 10.9. The van der Waals surface area contributed by atoms with Crippen molar-refractivity contribution in [1.82, 2.24) is 0 Å². The van der Waals surface area contributed by atoms with Crippen LogP contribution >= 0.6 is 11.6 Å². The van der Waals surface area contributed by atoms with Crippen LogP contribution in [-0.4, -0.2) is 5.91 Å². The van der Waals surface area contributed by atoms with Crippen LogP contribution in [0.2, 0.25) is 5.02 Å². The number of halogens is 1. The van der Waals surface area contributed by atoms with Crippen LogP contribution in [0.1, 0.15) is 23.6 Å². The lowest BCUT2D eigenvalue weighted by Gasteiger charge is -2.09. The number of hydrogen-bond donors (Lipinski definition) is 1. The van der Waals surface area contributed by atoms with Crippen molar-refractivity contribution < 1.29 is 9.53 Å². The molecule has 30 heavy (non-hydrogen) atoms. The summed E-state index contributed by atoms with van der Waals surface area (Å²) in [5, 5.41) is 12.6. The zero-order chi connectivity index (χ0) is 21.3. The van der Waals surface area contributed by atoms with Crippen molar-refractivity contribution in [2.24, 2.45) is 0 Å². The summed E-state index contributed by atoms with van der Waals surface area (Å²) in [5.74, 6) is 0.0684. The smallest absolute Gasteiger partial charge is 0.266 e. The van der Waals surface area contributed by atoms with Gasteiger partial charge in [-0.15, -0.1) is 0 Å². The Labute approximate surface area is 181 Å². The molecule has 0 saturated carbocycles. The molecule has 0 bridgehead atoms. The van der Waals surface area contributed by atoms with E-state index in [0.29, 0.717) is 28.6 Å². The monoisotopic (exact) mass is 416 g/mol. The van der Waals surface area contributed by atoms with Crippen molar-refractivity contribution >= 4 is 29.3 Å². The molecule has 0 fully saturated rings. The minimum absolute atomic E-state index is 0.0106. The van der Waals surface area contributed by atoms with Gasteiger partial charge in [-0.25, -0.2) is 0 Å². The number of aryl methyl sites for hydroxylation is 1. The van der Waals surface area contributed by atoms with Gasteiger partial charge in [0.05, 0.1) is 5.02 Å². The Morgan fingerprint density at radius 1 is 1.07 bits per heavy atom. The molecule has 150 valence electrons. The third kappa shape index (κ3) is 5.73. The Kier molecular flexibility index (Phi) is 7.26. The van der Waals surface area contributed by atoms with Gasteiger partial charge in [0.15, 0.2) is 0 Å². The average molecular weight is 417 g/mol. The second kappa shape index (κ2) is 10.3. The zero-order valence-corrected chi connectivity index (χ0v) is 17.3. The Bertz CT molecular complexity index is 1080. The molecule has 3 rings (SSSR count). The SMILES string of the molecule is CCc1ccc(NC(=O)/C(C#N)=C/c2ccc(OCc3ccccc3)c(Cl)c2)cc1. The lowest BCUT2D eigenvalue weighted by Crippen LogP contribution is -2.13. The van der Waals surface area contributed by atoms with E-state index >= 15 is 0 Å². The first-order valence-corrected chi connectivity index (χ1v) is 9.95. The quantitative estimate of drug-likeness (QED) is 0.378.